The summed E-state index contributed by atoms with van der Waals surface area (Å²) < 4.78 is 5.45. The molecule has 92 valence electrons. The number of hydrogen-bond donors (Lipinski definition) is 1. The van der Waals surface area contributed by atoms with Gasteiger partial charge in [0.05, 0.1) is 19.1 Å². The van der Waals surface area contributed by atoms with Gasteiger partial charge in [0, 0.05) is 18.8 Å². The normalized spacial score (nSPS) is 20.3. The zero-order valence-corrected chi connectivity index (χ0v) is 9.93. The van der Waals surface area contributed by atoms with Crippen molar-refractivity contribution < 1.29 is 14.6 Å². The summed E-state index contributed by atoms with van der Waals surface area (Å²) in [5.74, 6) is -0.805. The Morgan fingerprint density at radius 1 is 1.59 bits per heavy atom. The third kappa shape index (κ3) is 3.20. The van der Waals surface area contributed by atoms with Crippen molar-refractivity contribution >= 4 is 11.7 Å². The van der Waals surface area contributed by atoms with E-state index in [9.17, 15) is 4.79 Å². The van der Waals surface area contributed by atoms with Gasteiger partial charge < -0.3 is 14.7 Å². The molecule has 1 aromatic rings. The van der Waals surface area contributed by atoms with Crippen LogP contribution in [0.5, 0.6) is 0 Å². The standard InChI is InChI=1S/C13H17NO3/c1-10-3-2-4-11(7-10)14-5-6-17-12(9-14)8-13(15)16/h2-4,7,12H,5-6,8-9H2,1H3,(H,15,16). The number of aryl methyl sites for hydroxylation is 1. The molecule has 2 rings (SSSR count). The van der Waals surface area contributed by atoms with Gasteiger partial charge in [-0.25, -0.2) is 0 Å². The summed E-state index contributed by atoms with van der Waals surface area (Å²) in [6, 6.07) is 8.24. The second-order valence-corrected chi connectivity index (χ2v) is 4.38. The molecular formula is C13H17NO3. The van der Waals surface area contributed by atoms with Gasteiger partial charge in [-0.05, 0) is 24.6 Å². The van der Waals surface area contributed by atoms with Crippen LogP contribution in [-0.4, -0.2) is 36.9 Å². The molecule has 1 aliphatic heterocycles. The molecule has 1 aliphatic rings. The highest BCUT2D eigenvalue weighted by molar-refractivity contribution is 5.67. The number of anilines is 1. The minimum Gasteiger partial charge on any atom is -0.481 e. The first-order chi connectivity index (χ1) is 8.15. The van der Waals surface area contributed by atoms with Crippen molar-refractivity contribution in [3.05, 3.63) is 29.8 Å². The second-order valence-electron chi connectivity index (χ2n) is 4.38. The molecule has 4 nitrogen and oxygen atoms in total. The molecule has 0 saturated carbocycles. The Morgan fingerprint density at radius 3 is 3.12 bits per heavy atom. The molecule has 0 amide bonds. The van der Waals surface area contributed by atoms with Crippen LogP contribution in [0, 0.1) is 6.92 Å². The number of nitrogens with zero attached hydrogens (tertiary/aromatic N) is 1. The zero-order chi connectivity index (χ0) is 12.3. The van der Waals surface area contributed by atoms with Crippen molar-refractivity contribution in [1.29, 1.82) is 0 Å². The highest BCUT2D eigenvalue weighted by Gasteiger charge is 2.22. The predicted octanol–water partition coefficient (Wildman–Crippen LogP) is 1.67. The first kappa shape index (κ1) is 11.9. The molecule has 1 saturated heterocycles. The Bertz CT molecular complexity index is 405. The fourth-order valence-electron chi connectivity index (χ4n) is 2.10. The van der Waals surface area contributed by atoms with Gasteiger partial charge in [0.2, 0.25) is 0 Å². The number of ether oxygens (including phenoxy) is 1. The Kier molecular flexibility index (Phi) is 3.64. The maximum Gasteiger partial charge on any atom is 0.306 e. The van der Waals surface area contributed by atoms with Crippen molar-refractivity contribution in [3.8, 4) is 0 Å². The second kappa shape index (κ2) is 5.19. The molecule has 4 heteroatoms. The number of carboxylic acid groups (broad SMARTS) is 1. The highest BCUT2D eigenvalue weighted by atomic mass is 16.5. The van der Waals surface area contributed by atoms with E-state index in [1.54, 1.807) is 0 Å². The van der Waals surface area contributed by atoms with Gasteiger partial charge in [-0.15, -0.1) is 0 Å². The van der Waals surface area contributed by atoms with Gasteiger partial charge in [-0.3, -0.25) is 4.79 Å². The summed E-state index contributed by atoms with van der Waals surface area (Å²) in [4.78, 5) is 12.9. The van der Waals surface area contributed by atoms with E-state index in [0.717, 1.165) is 12.2 Å². The molecule has 0 aliphatic carbocycles. The van der Waals surface area contributed by atoms with Crippen LogP contribution < -0.4 is 4.90 Å². The van der Waals surface area contributed by atoms with E-state index in [1.807, 2.05) is 6.07 Å². The number of benzene rings is 1. The van der Waals surface area contributed by atoms with Crippen molar-refractivity contribution in [1.82, 2.24) is 0 Å². The first-order valence-electron chi connectivity index (χ1n) is 5.80. The summed E-state index contributed by atoms with van der Waals surface area (Å²) >= 11 is 0. The lowest BCUT2D eigenvalue weighted by molar-refractivity contribution is -0.140. The van der Waals surface area contributed by atoms with Gasteiger partial charge in [-0.2, -0.15) is 0 Å². The number of carboxylic acids is 1. The van der Waals surface area contributed by atoms with E-state index < -0.39 is 5.97 Å². The van der Waals surface area contributed by atoms with Crippen LogP contribution in [-0.2, 0) is 9.53 Å². The molecule has 1 aromatic carbocycles. The van der Waals surface area contributed by atoms with Crippen molar-refractivity contribution in [2.45, 2.75) is 19.4 Å². The third-order valence-electron chi connectivity index (χ3n) is 2.91. The summed E-state index contributed by atoms with van der Waals surface area (Å²) in [7, 11) is 0. The molecular weight excluding hydrogens is 218 g/mol. The predicted molar refractivity (Wildman–Crippen MR) is 65.4 cm³/mol. The van der Waals surface area contributed by atoms with Gasteiger partial charge >= 0.3 is 5.97 Å². The highest BCUT2D eigenvalue weighted by Crippen LogP contribution is 2.19. The van der Waals surface area contributed by atoms with Crippen LogP contribution >= 0.6 is 0 Å². The molecule has 1 fully saturated rings. The van der Waals surface area contributed by atoms with E-state index in [-0.39, 0.29) is 12.5 Å². The lowest BCUT2D eigenvalue weighted by atomic mass is 10.1. The number of carbonyl (C=O) groups is 1. The first-order valence-corrected chi connectivity index (χ1v) is 5.80. The average Bonchev–Trinajstić information content (AvgIpc) is 2.28. The van der Waals surface area contributed by atoms with Crippen molar-refractivity contribution in [2.24, 2.45) is 0 Å². The molecule has 1 heterocycles. The number of morpholine rings is 1. The lowest BCUT2D eigenvalue weighted by Crippen LogP contribution is -2.43. The molecule has 0 bridgehead atoms. The largest absolute Gasteiger partial charge is 0.481 e. The van der Waals surface area contributed by atoms with Crippen molar-refractivity contribution in [3.63, 3.8) is 0 Å². The van der Waals surface area contributed by atoms with Gasteiger partial charge in [-0.1, -0.05) is 12.1 Å². The molecule has 1 N–H and O–H groups in total. The Morgan fingerprint density at radius 2 is 2.41 bits per heavy atom. The minimum atomic E-state index is -0.805. The zero-order valence-electron chi connectivity index (χ0n) is 9.93. The quantitative estimate of drug-likeness (QED) is 0.866. The molecule has 1 atom stereocenters. The van der Waals surface area contributed by atoms with Crippen LogP contribution in [0.3, 0.4) is 0 Å². The Balaban J connectivity index is 2.04. The molecule has 0 aromatic heterocycles. The monoisotopic (exact) mass is 235 g/mol. The molecule has 0 spiro atoms. The van der Waals surface area contributed by atoms with Gasteiger partial charge in [0.1, 0.15) is 0 Å². The van der Waals surface area contributed by atoms with E-state index in [2.05, 4.69) is 30.0 Å². The summed E-state index contributed by atoms with van der Waals surface area (Å²) in [5.41, 5.74) is 2.35. The van der Waals surface area contributed by atoms with Crippen LogP contribution in [0.25, 0.3) is 0 Å². The molecule has 0 radical (unpaired) electrons. The van der Waals surface area contributed by atoms with Gasteiger partial charge in [0.25, 0.3) is 0 Å². The lowest BCUT2D eigenvalue weighted by Gasteiger charge is -2.34. The third-order valence-corrected chi connectivity index (χ3v) is 2.91. The summed E-state index contributed by atoms with van der Waals surface area (Å²) in [6.07, 6.45) is -0.135. The maximum atomic E-state index is 10.7. The average molecular weight is 235 g/mol. The SMILES string of the molecule is Cc1cccc(N2CCOC(CC(=O)O)C2)c1. The molecule has 17 heavy (non-hydrogen) atoms. The van der Waals surface area contributed by atoms with Crippen LogP contribution in [0.4, 0.5) is 5.69 Å². The van der Waals surface area contributed by atoms with Crippen LogP contribution in [0.2, 0.25) is 0 Å². The maximum absolute atomic E-state index is 10.7. The van der Waals surface area contributed by atoms with E-state index in [4.69, 9.17) is 9.84 Å². The van der Waals surface area contributed by atoms with Crippen molar-refractivity contribution in [2.75, 3.05) is 24.6 Å². The van der Waals surface area contributed by atoms with E-state index in [1.165, 1.54) is 5.56 Å². The Hall–Kier alpha value is -1.55. The van der Waals surface area contributed by atoms with E-state index >= 15 is 0 Å². The number of aliphatic carboxylic acids is 1. The minimum absolute atomic E-state index is 0.0717. The topological polar surface area (TPSA) is 49.8 Å². The number of hydrogen-bond acceptors (Lipinski definition) is 3. The fraction of sp³-hybridized carbons (Fsp3) is 0.462. The fourth-order valence-corrected chi connectivity index (χ4v) is 2.10. The molecule has 1 unspecified atom stereocenters. The smallest absolute Gasteiger partial charge is 0.306 e. The number of rotatable bonds is 3. The summed E-state index contributed by atoms with van der Waals surface area (Å²) in [5, 5.41) is 8.77. The van der Waals surface area contributed by atoms with Gasteiger partial charge in [0.15, 0.2) is 0 Å². The van der Waals surface area contributed by atoms with Crippen LogP contribution in [0.1, 0.15) is 12.0 Å². The van der Waals surface area contributed by atoms with E-state index in [0.29, 0.717) is 13.2 Å². The Labute approximate surface area is 101 Å². The van der Waals surface area contributed by atoms with Crippen LogP contribution in [0.15, 0.2) is 24.3 Å². The summed E-state index contributed by atoms with van der Waals surface area (Å²) in [6.45, 7) is 4.11.